The Hall–Kier alpha value is -2.81. The van der Waals surface area contributed by atoms with Crippen molar-refractivity contribution in [1.82, 2.24) is 10.2 Å². The van der Waals surface area contributed by atoms with Crippen LogP contribution < -0.4 is 10.6 Å². The van der Waals surface area contributed by atoms with E-state index in [0.29, 0.717) is 10.7 Å². The summed E-state index contributed by atoms with van der Waals surface area (Å²) < 4.78 is 6.46. The van der Waals surface area contributed by atoms with Crippen molar-refractivity contribution in [2.75, 3.05) is 11.6 Å². The molecule has 0 aromatic heterocycles. The number of nitrogens with one attached hydrogen (secondary N) is 2. The second kappa shape index (κ2) is 10.6. The molecule has 6 rings (SSSR count). The zero-order valence-corrected chi connectivity index (χ0v) is 23.3. The average molecular weight is 566 g/mol. The number of anilines is 1. The molecule has 5 atom stereocenters. The summed E-state index contributed by atoms with van der Waals surface area (Å²) in [6.07, 6.45) is 10.3. The molecule has 3 amide bonds. The topological polar surface area (TPSA) is 87.7 Å². The first-order chi connectivity index (χ1) is 18.9. The molecule has 1 spiro atoms. The van der Waals surface area contributed by atoms with Gasteiger partial charge in [-0.3, -0.25) is 14.4 Å². The van der Waals surface area contributed by atoms with Crippen LogP contribution in [0.5, 0.6) is 0 Å². The van der Waals surface area contributed by atoms with Gasteiger partial charge in [0.25, 0.3) is 0 Å². The van der Waals surface area contributed by atoms with Gasteiger partial charge in [-0.2, -0.15) is 0 Å². The van der Waals surface area contributed by atoms with Gasteiger partial charge in [-0.15, -0.1) is 11.8 Å². The van der Waals surface area contributed by atoms with Crippen LogP contribution in [0.3, 0.4) is 0 Å². The van der Waals surface area contributed by atoms with Crippen LogP contribution in [0.15, 0.2) is 65.6 Å². The number of carbonyl (C=O) groups is 3. The molecule has 2 aromatic rings. The molecule has 0 radical (unpaired) electrons. The molecule has 2 N–H and O–H groups in total. The first-order valence-electron chi connectivity index (χ1n) is 13.6. The van der Waals surface area contributed by atoms with Crippen molar-refractivity contribution >= 4 is 46.8 Å². The molecule has 2 aromatic carbocycles. The molecule has 39 heavy (non-hydrogen) atoms. The fourth-order valence-corrected chi connectivity index (χ4v) is 7.26. The van der Waals surface area contributed by atoms with Crippen LogP contribution in [-0.2, 0) is 25.7 Å². The van der Waals surface area contributed by atoms with Crippen LogP contribution in [0, 0.1) is 11.8 Å². The maximum atomic E-state index is 14.1. The Morgan fingerprint density at radius 3 is 2.62 bits per heavy atom. The quantitative estimate of drug-likeness (QED) is 0.372. The van der Waals surface area contributed by atoms with Gasteiger partial charge < -0.3 is 20.3 Å². The summed E-state index contributed by atoms with van der Waals surface area (Å²) >= 11 is 7.68. The Bertz CT molecular complexity index is 1310. The Balaban J connectivity index is 1.32. The average Bonchev–Trinajstić information content (AvgIpc) is 3.58. The van der Waals surface area contributed by atoms with E-state index in [-0.39, 0.29) is 30.3 Å². The lowest BCUT2D eigenvalue weighted by Crippen LogP contribution is -2.56. The zero-order valence-electron chi connectivity index (χ0n) is 21.8. The molecule has 3 fully saturated rings. The van der Waals surface area contributed by atoms with Crippen molar-refractivity contribution in [2.45, 2.75) is 67.3 Å². The monoisotopic (exact) mass is 565 g/mol. The molecule has 4 aliphatic rings. The highest BCUT2D eigenvalue weighted by molar-refractivity contribution is 7.98. The summed E-state index contributed by atoms with van der Waals surface area (Å²) in [5, 5.41) is 6.82. The number of ether oxygens (including phenoxy) is 1. The molecular weight excluding hydrogens is 534 g/mol. The molecule has 1 saturated carbocycles. The summed E-state index contributed by atoms with van der Waals surface area (Å²) in [7, 11) is 0. The Kier molecular flexibility index (Phi) is 7.20. The SMILES string of the molecule is CSc1cccc(NC(=O)[C@@H]2[C@@H]3C=C[C@]4(O3)[C@@H]2C(=O)N(Cc2ccc(Cl)cc2)[C@H]4C(=O)NC2CCCCC2)c1. The maximum absolute atomic E-state index is 14.1. The van der Waals surface area contributed by atoms with Gasteiger partial charge in [-0.25, -0.2) is 0 Å². The van der Waals surface area contributed by atoms with Crippen LogP contribution in [-0.4, -0.2) is 52.7 Å². The Morgan fingerprint density at radius 2 is 1.87 bits per heavy atom. The second-order valence-electron chi connectivity index (χ2n) is 10.9. The highest BCUT2D eigenvalue weighted by Gasteiger charge is 2.72. The molecule has 9 heteroatoms. The predicted molar refractivity (Wildman–Crippen MR) is 151 cm³/mol. The van der Waals surface area contributed by atoms with E-state index in [1.54, 1.807) is 28.8 Å². The summed E-state index contributed by atoms with van der Waals surface area (Å²) in [4.78, 5) is 44.4. The van der Waals surface area contributed by atoms with Gasteiger partial charge in [0, 0.05) is 28.2 Å². The number of amides is 3. The first-order valence-corrected chi connectivity index (χ1v) is 15.2. The van der Waals surface area contributed by atoms with Crippen molar-refractivity contribution in [1.29, 1.82) is 0 Å². The Morgan fingerprint density at radius 1 is 1.10 bits per heavy atom. The lowest BCUT2D eigenvalue weighted by Gasteiger charge is -2.34. The van der Waals surface area contributed by atoms with Crippen molar-refractivity contribution in [3.05, 3.63) is 71.3 Å². The van der Waals surface area contributed by atoms with Gasteiger partial charge in [0.15, 0.2) is 0 Å². The number of fused-ring (bicyclic) bond motifs is 1. The Labute approximate surface area is 237 Å². The van der Waals surface area contributed by atoms with Gasteiger partial charge in [-0.05, 0) is 55.0 Å². The number of benzene rings is 2. The number of thioether (sulfide) groups is 1. The second-order valence-corrected chi connectivity index (χ2v) is 12.2. The fourth-order valence-electron chi connectivity index (χ4n) is 6.68. The molecule has 1 aliphatic carbocycles. The third-order valence-electron chi connectivity index (χ3n) is 8.48. The zero-order chi connectivity index (χ0) is 27.1. The number of carbonyl (C=O) groups excluding carboxylic acids is 3. The number of halogens is 1. The van der Waals surface area contributed by atoms with E-state index < -0.39 is 29.6 Å². The van der Waals surface area contributed by atoms with Gasteiger partial charge in [0.1, 0.15) is 11.6 Å². The third kappa shape index (κ3) is 4.77. The van der Waals surface area contributed by atoms with Crippen LogP contribution >= 0.6 is 23.4 Å². The maximum Gasteiger partial charge on any atom is 0.246 e. The van der Waals surface area contributed by atoms with Crippen LogP contribution in [0.2, 0.25) is 5.02 Å². The smallest absolute Gasteiger partial charge is 0.246 e. The molecule has 204 valence electrons. The molecule has 3 heterocycles. The van der Waals surface area contributed by atoms with Crippen molar-refractivity contribution in [3.63, 3.8) is 0 Å². The number of hydrogen-bond donors (Lipinski definition) is 2. The standard InChI is InChI=1S/C30H32ClN3O4S/c1-39-22-9-5-8-21(16-22)33-27(35)24-23-14-15-30(38-23)25(24)29(37)34(17-18-10-12-19(31)13-11-18)26(30)28(36)32-20-6-3-2-4-7-20/h5,8-16,20,23-26H,2-4,6-7,17H2,1H3,(H,32,36)(H,33,35)/t23-,24+,25-,26-,30-/m0/s1. The number of rotatable bonds is 7. The van der Waals surface area contributed by atoms with E-state index in [1.165, 1.54) is 6.42 Å². The normalized spacial score (nSPS) is 29.5. The molecule has 0 unspecified atom stereocenters. The fraction of sp³-hybridized carbons (Fsp3) is 0.433. The lowest BCUT2D eigenvalue weighted by molar-refractivity contribution is -0.142. The molecule has 2 saturated heterocycles. The summed E-state index contributed by atoms with van der Waals surface area (Å²) in [6, 6.07) is 14.1. The van der Waals surface area contributed by atoms with Crippen LogP contribution in [0.4, 0.5) is 5.69 Å². The number of hydrogen-bond acceptors (Lipinski definition) is 5. The highest BCUT2D eigenvalue weighted by atomic mass is 35.5. The van der Waals surface area contributed by atoms with Gasteiger partial charge in [-0.1, -0.05) is 61.2 Å². The van der Waals surface area contributed by atoms with Crippen LogP contribution in [0.1, 0.15) is 37.7 Å². The molecule has 2 bridgehead atoms. The molecular formula is C30H32ClN3O4S. The first kappa shape index (κ1) is 26.4. The van der Waals surface area contributed by atoms with Crippen LogP contribution in [0.25, 0.3) is 0 Å². The van der Waals surface area contributed by atoms with Gasteiger partial charge >= 0.3 is 0 Å². The summed E-state index contributed by atoms with van der Waals surface area (Å²) in [6.45, 7) is 0.225. The van der Waals surface area contributed by atoms with E-state index in [9.17, 15) is 14.4 Å². The lowest BCUT2D eigenvalue weighted by atomic mass is 9.74. The largest absolute Gasteiger partial charge is 0.359 e. The third-order valence-corrected chi connectivity index (χ3v) is 9.46. The van der Waals surface area contributed by atoms with E-state index >= 15 is 0 Å². The van der Waals surface area contributed by atoms with Crippen molar-refractivity contribution in [2.24, 2.45) is 11.8 Å². The van der Waals surface area contributed by atoms with Gasteiger partial charge in [0.05, 0.1) is 17.9 Å². The highest BCUT2D eigenvalue weighted by Crippen LogP contribution is 2.55. The van der Waals surface area contributed by atoms with Gasteiger partial charge in [0.2, 0.25) is 17.7 Å². The van der Waals surface area contributed by atoms with E-state index in [2.05, 4.69) is 10.6 Å². The minimum atomic E-state index is -1.18. The predicted octanol–water partition coefficient (Wildman–Crippen LogP) is 4.80. The van der Waals surface area contributed by atoms with E-state index in [1.807, 2.05) is 54.8 Å². The van der Waals surface area contributed by atoms with Crippen molar-refractivity contribution in [3.8, 4) is 0 Å². The number of likely N-dealkylation sites (tertiary alicyclic amines) is 1. The molecule has 7 nitrogen and oxygen atoms in total. The summed E-state index contributed by atoms with van der Waals surface area (Å²) in [5.41, 5.74) is 0.339. The minimum Gasteiger partial charge on any atom is -0.359 e. The van der Waals surface area contributed by atoms with E-state index in [0.717, 1.165) is 36.1 Å². The molecule has 3 aliphatic heterocycles. The summed E-state index contributed by atoms with van der Waals surface area (Å²) in [5.74, 6) is -2.25. The minimum absolute atomic E-state index is 0.0829. The van der Waals surface area contributed by atoms with E-state index in [4.69, 9.17) is 16.3 Å². The van der Waals surface area contributed by atoms with Crippen molar-refractivity contribution < 1.29 is 19.1 Å². The number of nitrogens with zero attached hydrogens (tertiary/aromatic N) is 1.